The van der Waals surface area contributed by atoms with Crippen molar-refractivity contribution in [3.63, 3.8) is 0 Å². The number of tetrazole rings is 1. The third-order valence-corrected chi connectivity index (χ3v) is 8.86. The summed E-state index contributed by atoms with van der Waals surface area (Å²) in [6, 6.07) is -0.822. The van der Waals surface area contributed by atoms with Crippen LogP contribution in [-0.4, -0.2) is 85.1 Å². The second-order valence-corrected chi connectivity index (χ2v) is 12.0. The van der Waals surface area contributed by atoms with Crippen molar-refractivity contribution in [2.45, 2.75) is 42.4 Å². The number of β-lactam (4-membered cyclic amide) rings is 1. The first-order valence-corrected chi connectivity index (χ1v) is 14.5. The highest BCUT2D eigenvalue weighted by molar-refractivity contribution is 8.01. The van der Waals surface area contributed by atoms with E-state index in [0.29, 0.717) is 29.9 Å². The van der Waals surface area contributed by atoms with Crippen LogP contribution in [0.2, 0.25) is 0 Å². The Balaban J connectivity index is 1.41. The second-order valence-electron chi connectivity index (χ2n) is 8.24. The normalized spacial score (nSPS) is 21.9. The molecule has 2 atom stereocenters. The summed E-state index contributed by atoms with van der Waals surface area (Å²) >= 11 is 2.47. The summed E-state index contributed by atoms with van der Waals surface area (Å²) in [5, 5.41) is 28.4. The zero-order chi connectivity index (χ0) is 26.0. The Morgan fingerprint density at radius 2 is 2.03 bits per heavy atom. The minimum atomic E-state index is -3.71. The van der Waals surface area contributed by atoms with Crippen LogP contribution in [0.4, 0.5) is 0 Å². The van der Waals surface area contributed by atoms with Gasteiger partial charge in [0, 0.05) is 30.0 Å². The molecule has 0 bridgehead atoms. The topological polar surface area (TPSA) is 216 Å². The number of aromatic nitrogens is 4. The second kappa shape index (κ2) is 10.6. The smallest absolute Gasteiger partial charge is 0.352 e. The van der Waals surface area contributed by atoms with Crippen molar-refractivity contribution >= 4 is 51.3 Å². The highest BCUT2D eigenvalue weighted by Crippen LogP contribution is 2.41. The van der Waals surface area contributed by atoms with E-state index in [9.17, 15) is 27.9 Å². The molecule has 2 aliphatic heterocycles. The largest absolute Gasteiger partial charge is 0.477 e. The third kappa shape index (κ3) is 5.74. The monoisotopic (exact) mass is 556 g/mol. The van der Waals surface area contributed by atoms with Crippen LogP contribution in [-0.2, 0) is 31.0 Å². The fraction of sp³-hybridized carbons (Fsp3) is 0.474. The lowest BCUT2D eigenvalue weighted by Gasteiger charge is -2.49. The van der Waals surface area contributed by atoms with E-state index in [-0.39, 0.29) is 41.2 Å². The zero-order valence-electron chi connectivity index (χ0n) is 18.9. The number of nitrogens with one attached hydrogen (secondary N) is 1. The summed E-state index contributed by atoms with van der Waals surface area (Å²) in [6.45, 7) is -0.0549. The molecule has 36 heavy (non-hydrogen) atoms. The lowest BCUT2D eigenvalue weighted by molar-refractivity contribution is -0.150. The molecule has 0 saturated carbocycles. The van der Waals surface area contributed by atoms with Gasteiger partial charge in [0.1, 0.15) is 17.1 Å². The van der Waals surface area contributed by atoms with Gasteiger partial charge in [-0.3, -0.25) is 14.5 Å². The lowest BCUT2D eigenvalue weighted by Crippen LogP contribution is -2.70. The first-order chi connectivity index (χ1) is 17.0. The van der Waals surface area contributed by atoms with Gasteiger partial charge in [0.05, 0.1) is 12.3 Å². The summed E-state index contributed by atoms with van der Waals surface area (Å²) in [7, 11) is -3.71. The van der Waals surface area contributed by atoms with E-state index in [4.69, 9.17) is 10.9 Å². The molecule has 3 aliphatic rings. The number of rotatable bonds is 10. The minimum absolute atomic E-state index is 0.0549. The Labute approximate surface area is 214 Å². The lowest BCUT2D eigenvalue weighted by atomic mass is 9.98. The number of aryl methyl sites for hydroxylation is 1. The van der Waals surface area contributed by atoms with Gasteiger partial charge in [0.15, 0.2) is 0 Å². The van der Waals surface area contributed by atoms with E-state index in [2.05, 4.69) is 20.8 Å². The van der Waals surface area contributed by atoms with Crippen LogP contribution in [0, 0.1) is 0 Å². The Kier molecular flexibility index (Phi) is 7.72. The number of fused-ring (bicyclic) bond motifs is 1. The summed E-state index contributed by atoms with van der Waals surface area (Å²) < 4.78 is 23.7. The average Bonchev–Trinajstić information content (AvgIpc) is 3.27. The summed E-state index contributed by atoms with van der Waals surface area (Å²) in [6.07, 6.45) is 5.13. The predicted octanol–water partition coefficient (Wildman–Crippen LogP) is -1.25. The molecule has 194 valence electrons. The fourth-order valence-corrected chi connectivity index (χ4v) is 6.73. The molecule has 3 heterocycles. The maximum absolute atomic E-state index is 12.9. The van der Waals surface area contributed by atoms with Gasteiger partial charge < -0.3 is 16.2 Å². The number of carboxylic acids is 1. The quantitative estimate of drug-likeness (QED) is 0.151. The molecule has 1 fully saturated rings. The predicted molar refractivity (Wildman–Crippen MR) is 130 cm³/mol. The number of carbonyl (C=O) groups excluding carboxylic acids is 2. The van der Waals surface area contributed by atoms with Crippen molar-refractivity contribution in [3.05, 3.63) is 34.7 Å². The number of thioether (sulfide) groups is 2. The first-order valence-electron chi connectivity index (χ1n) is 10.8. The molecule has 0 radical (unpaired) electrons. The number of carboxylic acid groups (broad SMARTS) is 1. The Bertz CT molecular complexity index is 1290. The summed E-state index contributed by atoms with van der Waals surface area (Å²) in [4.78, 5) is 38.6. The molecule has 2 amide bonds. The highest BCUT2D eigenvalue weighted by Gasteiger charge is 2.54. The van der Waals surface area contributed by atoms with Crippen molar-refractivity contribution in [1.29, 1.82) is 0 Å². The summed E-state index contributed by atoms with van der Waals surface area (Å²) in [5.74, 6) is -1.97. The van der Waals surface area contributed by atoms with Crippen LogP contribution < -0.4 is 16.2 Å². The number of aliphatic carboxylic acids is 1. The number of primary sulfonamides is 1. The van der Waals surface area contributed by atoms with Crippen LogP contribution >= 0.6 is 23.5 Å². The molecule has 4 rings (SSSR count). The molecule has 1 unspecified atom stereocenters. The Morgan fingerprint density at radius 1 is 1.28 bits per heavy atom. The van der Waals surface area contributed by atoms with Crippen LogP contribution in [0.1, 0.15) is 19.3 Å². The zero-order valence-corrected chi connectivity index (χ0v) is 21.3. The molecule has 1 aromatic rings. The van der Waals surface area contributed by atoms with E-state index >= 15 is 0 Å². The van der Waals surface area contributed by atoms with E-state index in [1.54, 1.807) is 0 Å². The van der Waals surface area contributed by atoms with Gasteiger partial charge in [0.25, 0.3) is 5.91 Å². The standard InChI is InChI=1S/C19H24N8O6S3/c20-12-4-2-1-3-10(12)7-13(28)22-14-16(29)27-15(18(30)31)11(8-34-17(14)27)9-35-19-23-24-25-26(19)5-6-36(21,32)33/h1-2,14,17H,3-9,20H2,(H,22,28)(H,30,31)(H2,21,32,33)/t14?,17-/m1/s1. The third-order valence-electron chi connectivity index (χ3n) is 5.73. The number of nitrogens with two attached hydrogens (primary N) is 2. The van der Waals surface area contributed by atoms with E-state index in [1.165, 1.54) is 21.3 Å². The van der Waals surface area contributed by atoms with Crippen molar-refractivity contribution in [2.75, 3.05) is 17.3 Å². The van der Waals surface area contributed by atoms with Gasteiger partial charge in [-0.05, 0) is 28.0 Å². The van der Waals surface area contributed by atoms with Gasteiger partial charge in [-0.2, -0.15) is 0 Å². The number of hydrogen-bond acceptors (Lipinski definition) is 11. The maximum atomic E-state index is 12.9. The maximum Gasteiger partial charge on any atom is 0.352 e. The van der Waals surface area contributed by atoms with Crippen molar-refractivity contribution in [2.24, 2.45) is 10.9 Å². The number of nitrogens with zero attached hydrogens (tertiary/aromatic N) is 5. The van der Waals surface area contributed by atoms with Crippen LogP contribution in [0.25, 0.3) is 0 Å². The van der Waals surface area contributed by atoms with E-state index in [1.807, 2.05) is 12.2 Å². The van der Waals surface area contributed by atoms with Crippen molar-refractivity contribution < 1.29 is 27.9 Å². The highest BCUT2D eigenvalue weighted by atomic mass is 32.2. The van der Waals surface area contributed by atoms with Gasteiger partial charge in [-0.1, -0.05) is 23.9 Å². The van der Waals surface area contributed by atoms with Gasteiger partial charge in [-0.25, -0.2) is 23.0 Å². The molecule has 1 aromatic heterocycles. The van der Waals surface area contributed by atoms with E-state index in [0.717, 1.165) is 17.3 Å². The van der Waals surface area contributed by atoms with E-state index < -0.39 is 33.3 Å². The first kappa shape index (κ1) is 26.2. The number of allylic oxidation sites excluding steroid dienone is 2. The molecular weight excluding hydrogens is 532 g/mol. The number of carbonyl (C=O) groups is 3. The van der Waals surface area contributed by atoms with Gasteiger partial charge in [-0.15, -0.1) is 16.9 Å². The molecule has 14 nitrogen and oxygen atoms in total. The van der Waals surface area contributed by atoms with Crippen LogP contribution in [0.15, 0.2) is 39.8 Å². The van der Waals surface area contributed by atoms with Crippen molar-refractivity contribution in [1.82, 2.24) is 30.4 Å². The molecule has 0 aromatic carbocycles. The molecule has 1 saturated heterocycles. The van der Waals surface area contributed by atoms with Gasteiger partial charge in [0.2, 0.25) is 21.1 Å². The number of sulfonamides is 1. The molecule has 1 aliphatic carbocycles. The molecule has 6 N–H and O–H groups in total. The Hall–Kier alpha value is -2.89. The number of hydrogen-bond donors (Lipinski definition) is 4. The Morgan fingerprint density at radius 3 is 2.72 bits per heavy atom. The van der Waals surface area contributed by atoms with Gasteiger partial charge >= 0.3 is 5.97 Å². The molecule has 17 heteroatoms. The van der Waals surface area contributed by atoms with Crippen LogP contribution in [0.3, 0.4) is 0 Å². The SMILES string of the molecule is NC1=C(CC(=O)NC2C(=O)N3C(C(=O)O)=C(CSc4nnnn4CCS(N)(=O)=O)CS[C@H]23)CC=CC1. The minimum Gasteiger partial charge on any atom is -0.477 e. The average molecular weight is 557 g/mol. The molecular formula is C19H24N8O6S3. The van der Waals surface area contributed by atoms with Crippen molar-refractivity contribution in [3.8, 4) is 0 Å². The fourth-order valence-electron chi connectivity index (χ4n) is 3.92. The number of amides is 2. The summed E-state index contributed by atoms with van der Waals surface area (Å²) in [5.41, 5.74) is 7.78. The van der Waals surface area contributed by atoms with Crippen LogP contribution in [0.5, 0.6) is 0 Å². The molecule has 0 spiro atoms.